The largest absolute Gasteiger partial charge is 0.393 e. The first-order valence-electron chi connectivity index (χ1n) is 8.75. The molecule has 6 heteroatoms. The molecule has 0 bridgehead atoms. The van der Waals surface area contributed by atoms with E-state index in [1.54, 1.807) is 0 Å². The summed E-state index contributed by atoms with van der Waals surface area (Å²) in [7, 11) is 0. The van der Waals surface area contributed by atoms with E-state index in [4.69, 9.17) is 0 Å². The maximum Gasteiger partial charge on any atom is 0.151 e. The van der Waals surface area contributed by atoms with Crippen molar-refractivity contribution < 1.29 is 5.11 Å². The molecular weight excluding hydrogens is 314 g/mol. The molecule has 0 spiro atoms. The second-order valence-corrected chi connectivity index (χ2v) is 6.63. The molecule has 1 aliphatic rings. The van der Waals surface area contributed by atoms with Crippen molar-refractivity contribution in [2.75, 3.05) is 23.3 Å². The van der Waals surface area contributed by atoms with Crippen molar-refractivity contribution in [1.82, 2.24) is 14.4 Å². The number of nitrogens with zero attached hydrogens (tertiary/aromatic N) is 4. The van der Waals surface area contributed by atoms with Crippen molar-refractivity contribution in [2.24, 2.45) is 0 Å². The Balaban J connectivity index is 1.54. The van der Waals surface area contributed by atoms with Crippen LogP contribution in [0.2, 0.25) is 0 Å². The van der Waals surface area contributed by atoms with Crippen molar-refractivity contribution in [3.05, 3.63) is 54.1 Å². The summed E-state index contributed by atoms with van der Waals surface area (Å²) >= 11 is 0. The highest BCUT2D eigenvalue weighted by atomic mass is 16.3. The quantitative estimate of drug-likeness (QED) is 0.766. The molecule has 0 radical (unpaired) electrons. The fraction of sp³-hybridized carbons (Fsp3) is 0.368. The lowest BCUT2D eigenvalue weighted by Gasteiger charge is -2.31. The normalized spacial score (nSPS) is 15.7. The summed E-state index contributed by atoms with van der Waals surface area (Å²) in [6, 6.07) is 8.11. The highest BCUT2D eigenvalue weighted by Crippen LogP contribution is 2.26. The smallest absolute Gasteiger partial charge is 0.151 e. The fourth-order valence-corrected chi connectivity index (χ4v) is 3.32. The Bertz CT molecular complexity index is 867. The molecule has 1 saturated heterocycles. The van der Waals surface area contributed by atoms with Crippen LogP contribution in [0.15, 0.2) is 42.9 Å². The molecule has 1 aliphatic heterocycles. The summed E-state index contributed by atoms with van der Waals surface area (Å²) in [6.45, 7) is 4.43. The molecule has 0 saturated carbocycles. The minimum Gasteiger partial charge on any atom is -0.393 e. The van der Waals surface area contributed by atoms with E-state index in [9.17, 15) is 5.11 Å². The average molecular weight is 337 g/mol. The van der Waals surface area contributed by atoms with E-state index in [0.29, 0.717) is 6.54 Å². The predicted octanol–water partition coefficient (Wildman–Crippen LogP) is 2.61. The maximum atomic E-state index is 9.72. The van der Waals surface area contributed by atoms with E-state index < -0.39 is 0 Å². The second kappa shape index (κ2) is 6.72. The number of anilines is 2. The summed E-state index contributed by atoms with van der Waals surface area (Å²) in [5.74, 6) is 0.958. The number of piperidine rings is 1. The molecule has 0 atom stereocenters. The van der Waals surface area contributed by atoms with Crippen molar-refractivity contribution >= 4 is 17.2 Å². The van der Waals surface area contributed by atoms with Gasteiger partial charge in [0.2, 0.25) is 0 Å². The molecule has 0 unspecified atom stereocenters. The van der Waals surface area contributed by atoms with Gasteiger partial charge in [0.1, 0.15) is 5.65 Å². The lowest BCUT2D eigenvalue weighted by atomic mass is 10.1. The van der Waals surface area contributed by atoms with Crippen molar-refractivity contribution in [1.29, 1.82) is 0 Å². The molecule has 25 heavy (non-hydrogen) atoms. The van der Waals surface area contributed by atoms with E-state index in [-0.39, 0.29) is 6.10 Å². The first kappa shape index (κ1) is 15.9. The molecule has 130 valence electrons. The van der Waals surface area contributed by atoms with Crippen LogP contribution in [0.4, 0.5) is 11.5 Å². The zero-order valence-electron chi connectivity index (χ0n) is 14.4. The maximum absolute atomic E-state index is 9.72. The van der Waals surface area contributed by atoms with Crippen LogP contribution in [0.25, 0.3) is 5.65 Å². The van der Waals surface area contributed by atoms with Crippen molar-refractivity contribution in [3.8, 4) is 0 Å². The van der Waals surface area contributed by atoms with Gasteiger partial charge in [-0.05, 0) is 43.5 Å². The van der Waals surface area contributed by atoms with E-state index in [1.165, 1.54) is 5.56 Å². The summed E-state index contributed by atoms with van der Waals surface area (Å²) < 4.78 is 2.12. The predicted molar refractivity (Wildman–Crippen MR) is 98.9 cm³/mol. The Morgan fingerprint density at radius 2 is 2.04 bits per heavy atom. The number of hydrogen-bond donors (Lipinski definition) is 2. The van der Waals surface area contributed by atoms with Crippen LogP contribution in [0.1, 0.15) is 24.1 Å². The van der Waals surface area contributed by atoms with Crippen molar-refractivity contribution in [3.63, 3.8) is 0 Å². The van der Waals surface area contributed by atoms with Gasteiger partial charge >= 0.3 is 0 Å². The Labute approximate surface area is 147 Å². The highest BCUT2D eigenvalue weighted by Gasteiger charge is 2.20. The third-order valence-electron chi connectivity index (χ3n) is 4.74. The number of nitrogens with one attached hydrogen (secondary N) is 1. The molecule has 6 nitrogen and oxygen atoms in total. The molecule has 0 aliphatic carbocycles. The number of hydrogen-bond acceptors (Lipinski definition) is 5. The number of pyridine rings is 2. The van der Waals surface area contributed by atoms with Gasteiger partial charge in [-0.15, -0.1) is 0 Å². The minimum absolute atomic E-state index is 0.183. The monoisotopic (exact) mass is 337 g/mol. The first-order chi connectivity index (χ1) is 12.2. The van der Waals surface area contributed by atoms with E-state index >= 15 is 0 Å². The number of aliphatic hydroxyl groups is 1. The number of aliphatic hydroxyl groups excluding tert-OH is 1. The molecule has 3 aromatic heterocycles. The van der Waals surface area contributed by atoms with Gasteiger partial charge in [-0.2, -0.15) is 0 Å². The van der Waals surface area contributed by atoms with Gasteiger partial charge in [0.05, 0.1) is 30.2 Å². The summed E-state index contributed by atoms with van der Waals surface area (Å²) in [4.78, 5) is 11.3. The second-order valence-electron chi connectivity index (χ2n) is 6.63. The number of aryl methyl sites for hydroxylation is 1. The zero-order chi connectivity index (χ0) is 17.2. The van der Waals surface area contributed by atoms with Gasteiger partial charge in [0, 0.05) is 25.5 Å². The Morgan fingerprint density at radius 3 is 2.88 bits per heavy atom. The third kappa shape index (κ3) is 3.30. The Hall–Kier alpha value is -2.60. The standard InChI is InChI=1S/C19H23N5O/c1-14-4-5-18-22-12-15(24(18)13-14)11-21-17-3-2-8-20-19(17)23-9-6-16(25)7-10-23/h2-5,8,12-13,16,21,25H,6-7,9-11H2,1H3. The SMILES string of the molecule is Cc1ccc2ncc(CNc3cccnc3N3CCC(O)CC3)n2c1. The van der Waals surface area contributed by atoms with Crippen LogP contribution in [-0.4, -0.2) is 38.7 Å². The molecule has 3 aromatic rings. The van der Waals surface area contributed by atoms with E-state index in [2.05, 4.69) is 49.8 Å². The lowest BCUT2D eigenvalue weighted by molar-refractivity contribution is 0.145. The average Bonchev–Trinajstić information content (AvgIpc) is 3.03. The van der Waals surface area contributed by atoms with Gasteiger partial charge in [-0.3, -0.25) is 0 Å². The highest BCUT2D eigenvalue weighted by molar-refractivity contribution is 5.65. The third-order valence-corrected chi connectivity index (χ3v) is 4.74. The van der Waals surface area contributed by atoms with Crippen LogP contribution >= 0.6 is 0 Å². The van der Waals surface area contributed by atoms with E-state index in [1.807, 2.05) is 24.5 Å². The van der Waals surface area contributed by atoms with Gasteiger partial charge in [-0.25, -0.2) is 9.97 Å². The van der Waals surface area contributed by atoms with Crippen LogP contribution in [-0.2, 0) is 6.54 Å². The van der Waals surface area contributed by atoms with Crippen molar-refractivity contribution in [2.45, 2.75) is 32.4 Å². The summed E-state index contributed by atoms with van der Waals surface area (Å²) in [5.41, 5.74) is 4.29. The lowest BCUT2D eigenvalue weighted by Crippen LogP contribution is -2.36. The minimum atomic E-state index is -0.183. The molecular formula is C19H23N5O. The Kier molecular flexibility index (Phi) is 4.28. The molecule has 2 N–H and O–H groups in total. The number of rotatable bonds is 4. The number of fused-ring (bicyclic) bond motifs is 1. The van der Waals surface area contributed by atoms with E-state index in [0.717, 1.165) is 48.8 Å². The first-order valence-corrected chi connectivity index (χ1v) is 8.75. The number of aromatic nitrogens is 3. The van der Waals surface area contributed by atoms with Crippen LogP contribution in [0.3, 0.4) is 0 Å². The van der Waals surface area contributed by atoms with Gasteiger partial charge < -0.3 is 19.7 Å². The summed E-state index contributed by atoms with van der Waals surface area (Å²) in [5, 5.41) is 13.2. The van der Waals surface area contributed by atoms with Crippen LogP contribution in [0.5, 0.6) is 0 Å². The molecule has 1 fully saturated rings. The zero-order valence-corrected chi connectivity index (χ0v) is 14.4. The molecule has 0 amide bonds. The molecule has 4 rings (SSSR count). The number of imidazole rings is 1. The van der Waals surface area contributed by atoms with Gasteiger partial charge in [0.15, 0.2) is 5.82 Å². The topological polar surface area (TPSA) is 65.7 Å². The van der Waals surface area contributed by atoms with Crippen LogP contribution in [0, 0.1) is 6.92 Å². The van der Waals surface area contributed by atoms with Gasteiger partial charge in [0.25, 0.3) is 0 Å². The fourth-order valence-electron chi connectivity index (χ4n) is 3.32. The summed E-state index contributed by atoms with van der Waals surface area (Å²) in [6.07, 6.45) is 7.25. The van der Waals surface area contributed by atoms with Crippen LogP contribution < -0.4 is 10.2 Å². The van der Waals surface area contributed by atoms with Gasteiger partial charge in [-0.1, -0.05) is 6.07 Å². The Morgan fingerprint density at radius 1 is 1.20 bits per heavy atom. The molecule has 0 aromatic carbocycles. The molecule has 4 heterocycles.